The van der Waals surface area contributed by atoms with Gasteiger partial charge in [0.05, 0.1) is 0 Å². The first-order valence-corrected chi connectivity index (χ1v) is 9.10. The van der Waals surface area contributed by atoms with Gasteiger partial charge in [-0.15, -0.1) is 0 Å². The Kier molecular flexibility index (Phi) is 4.84. The molecule has 0 bridgehead atoms. The maximum absolute atomic E-state index is 13.2. The van der Waals surface area contributed by atoms with Crippen molar-refractivity contribution in [3.63, 3.8) is 0 Å². The van der Waals surface area contributed by atoms with E-state index in [0.717, 1.165) is 0 Å². The van der Waals surface area contributed by atoms with Gasteiger partial charge in [-0.1, -0.05) is 34.6 Å². The van der Waals surface area contributed by atoms with E-state index < -0.39 is 35.2 Å². The number of ether oxygens (including phenoxy) is 1. The van der Waals surface area contributed by atoms with E-state index in [2.05, 4.69) is 5.32 Å². The highest BCUT2D eigenvalue weighted by Crippen LogP contribution is 2.65. The molecule has 1 aliphatic carbocycles. The molecule has 2 N–H and O–H groups in total. The van der Waals surface area contributed by atoms with E-state index >= 15 is 0 Å². The minimum Gasteiger partial charge on any atom is -0.480 e. The zero-order valence-electron chi connectivity index (χ0n) is 17.0. The Balaban J connectivity index is 2.20. The molecule has 26 heavy (non-hydrogen) atoms. The smallest absolute Gasteiger partial charge is 0.408 e. The molecule has 2 rings (SSSR count). The van der Waals surface area contributed by atoms with E-state index in [-0.39, 0.29) is 23.2 Å². The monoisotopic (exact) mass is 368 g/mol. The molecule has 0 aromatic heterocycles. The van der Waals surface area contributed by atoms with Crippen molar-refractivity contribution in [3.05, 3.63) is 0 Å². The molecular formula is C19H32N2O5. The Labute approximate surface area is 155 Å². The highest BCUT2D eigenvalue weighted by Gasteiger charge is 2.70. The molecule has 2 amide bonds. The molecule has 1 heterocycles. The van der Waals surface area contributed by atoms with Gasteiger partial charge in [0.15, 0.2) is 0 Å². The largest absolute Gasteiger partial charge is 0.480 e. The van der Waals surface area contributed by atoms with Crippen LogP contribution in [0.5, 0.6) is 0 Å². The molecule has 7 nitrogen and oxygen atoms in total. The first-order valence-electron chi connectivity index (χ1n) is 9.10. The average Bonchev–Trinajstić information content (AvgIpc) is 2.81. The molecule has 7 heteroatoms. The predicted molar refractivity (Wildman–Crippen MR) is 96.5 cm³/mol. The number of amides is 2. The van der Waals surface area contributed by atoms with Crippen molar-refractivity contribution >= 4 is 18.0 Å². The Morgan fingerprint density at radius 1 is 1.15 bits per heavy atom. The number of aliphatic carboxylic acids is 1. The number of alkyl carbamates (subject to hydrolysis) is 1. The molecule has 148 valence electrons. The number of carbonyl (C=O) groups excluding carboxylic acids is 2. The van der Waals surface area contributed by atoms with Gasteiger partial charge in [-0.25, -0.2) is 9.59 Å². The van der Waals surface area contributed by atoms with Crippen LogP contribution in [0.4, 0.5) is 4.79 Å². The van der Waals surface area contributed by atoms with Gasteiger partial charge in [0.2, 0.25) is 5.91 Å². The number of nitrogens with zero attached hydrogens (tertiary/aromatic N) is 1. The summed E-state index contributed by atoms with van der Waals surface area (Å²) in [5.41, 5.74) is -1.33. The van der Waals surface area contributed by atoms with Gasteiger partial charge >= 0.3 is 12.1 Å². The lowest BCUT2D eigenvalue weighted by Crippen LogP contribution is -2.58. The summed E-state index contributed by atoms with van der Waals surface area (Å²) in [7, 11) is 0. The van der Waals surface area contributed by atoms with Gasteiger partial charge in [-0.05, 0) is 37.5 Å². The van der Waals surface area contributed by atoms with Crippen molar-refractivity contribution in [3.8, 4) is 0 Å². The fourth-order valence-corrected chi connectivity index (χ4v) is 4.04. The van der Waals surface area contributed by atoms with Crippen LogP contribution in [0.1, 0.15) is 55.4 Å². The number of hydrogen-bond donors (Lipinski definition) is 2. The molecule has 3 unspecified atom stereocenters. The van der Waals surface area contributed by atoms with Gasteiger partial charge < -0.3 is 20.1 Å². The van der Waals surface area contributed by atoms with E-state index in [4.69, 9.17) is 4.74 Å². The lowest BCUT2D eigenvalue weighted by atomic mass is 9.85. The fraction of sp³-hybridized carbons (Fsp3) is 0.842. The van der Waals surface area contributed by atoms with E-state index in [9.17, 15) is 19.5 Å². The fourth-order valence-electron chi connectivity index (χ4n) is 4.04. The van der Waals surface area contributed by atoms with Crippen LogP contribution in [-0.4, -0.2) is 52.2 Å². The number of fused-ring (bicyclic) bond motifs is 1. The van der Waals surface area contributed by atoms with Gasteiger partial charge in [-0.2, -0.15) is 0 Å². The van der Waals surface area contributed by atoms with Crippen LogP contribution in [0.3, 0.4) is 0 Å². The third kappa shape index (κ3) is 3.81. The zero-order chi connectivity index (χ0) is 20.2. The van der Waals surface area contributed by atoms with Crippen molar-refractivity contribution in [1.29, 1.82) is 0 Å². The van der Waals surface area contributed by atoms with E-state index in [1.807, 2.05) is 34.6 Å². The molecule has 1 aliphatic heterocycles. The minimum absolute atomic E-state index is 0.0360. The number of carboxylic acid groups (broad SMARTS) is 1. The molecule has 2 fully saturated rings. The maximum atomic E-state index is 13.2. The van der Waals surface area contributed by atoms with Crippen molar-refractivity contribution < 1.29 is 24.2 Å². The number of rotatable bonds is 3. The van der Waals surface area contributed by atoms with Crippen LogP contribution < -0.4 is 5.32 Å². The van der Waals surface area contributed by atoms with E-state index in [1.165, 1.54) is 4.90 Å². The summed E-state index contributed by atoms with van der Waals surface area (Å²) in [6.07, 6.45) is -0.678. The van der Waals surface area contributed by atoms with Crippen molar-refractivity contribution in [1.82, 2.24) is 10.2 Å². The summed E-state index contributed by atoms with van der Waals surface area (Å²) in [5, 5.41) is 12.3. The van der Waals surface area contributed by atoms with Gasteiger partial charge in [0, 0.05) is 12.5 Å². The molecular weight excluding hydrogens is 336 g/mol. The molecule has 2 aliphatic rings. The van der Waals surface area contributed by atoms with Crippen LogP contribution in [0.15, 0.2) is 0 Å². The van der Waals surface area contributed by atoms with Crippen molar-refractivity contribution in [2.75, 3.05) is 6.54 Å². The second-order valence-electron chi connectivity index (χ2n) is 10.2. The van der Waals surface area contributed by atoms with Crippen LogP contribution in [0.25, 0.3) is 0 Å². The lowest BCUT2D eigenvalue weighted by Gasteiger charge is -2.37. The summed E-state index contributed by atoms with van der Waals surface area (Å²) < 4.78 is 5.28. The number of nitrogens with one attached hydrogen (secondary N) is 1. The van der Waals surface area contributed by atoms with Crippen LogP contribution in [0, 0.1) is 22.7 Å². The predicted octanol–water partition coefficient (Wildman–Crippen LogP) is 2.49. The summed E-state index contributed by atoms with van der Waals surface area (Å²) in [6, 6.07) is -1.70. The molecule has 0 aromatic rings. The molecule has 0 spiro atoms. The summed E-state index contributed by atoms with van der Waals surface area (Å²) >= 11 is 0. The minimum atomic E-state index is -0.985. The molecule has 4 atom stereocenters. The summed E-state index contributed by atoms with van der Waals surface area (Å²) in [6.45, 7) is 15.2. The van der Waals surface area contributed by atoms with Crippen LogP contribution >= 0.6 is 0 Å². The summed E-state index contributed by atoms with van der Waals surface area (Å²) in [4.78, 5) is 38.6. The Morgan fingerprint density at radius 3 is 2.12 bits per heavy atom. The second kappa shape index (κ2) is 6.13. The Bertz CT molecular complexity index is 614. The van der Waals surface area contributed by atoms with Crippen molar-refractivity contribution in [2.24, 2.45) is 22.7 Å². The molecule has 1 saturated carbocycles. The molecule has 0 aromatic carbocycles. The second-order valence-corrected chi connectivity index (χ2v) is 10.2. The van der Waals surface area contributed by atoms with E-state index in [0.29, 0.717) is 6.54 Å². The number of piperidine rings is 1. The number of carboxylic acids is 1. The zero-order valence-corrected chi connectivity index (χ0v) is 17.0. The number of likely N-dealkylation sites (tertiary alicyclic amines) is 1. The SMILES string of the molecule is CC(C)(C)OC(=O)NC(C(=O)N1C[C@H]2C(C1C(=O)O)C2(C)C)C(C)(C)C. The Hall–Kier alpha value is -1.79. The molecule has 1 saturated heterocycles. The normalized spacial score (nSPS) is 28.2. The third-order valence-electron chi connectivity index (χ3n) is 5.52. The lowest BCUT2D eigenvalue weighted by molar-refractivity contribution is -0.152. The topological polar surface area (TPSA) is 95.9 Å². The average molecular weight is 368 g/mol. The van der Waals surface area contributed by atoms with Gasteiger partial charge in [0.1, 0.15) is 17.7 Å². The first kappa shape index (κ1) is 20.5. The molecule has 0 radical (unpaired) electrons. The number of carbonyl (C=O) groups is 3. The van der Waals surface area contributed by atoms with Crippen LogP contribution in [-0.2, 0) is 14.3 Å². The number of hydrogen-bond acceptors (Lipinski definition) is 4. The highest BCUT2D eigenvalue weighted by molar-refractivity contribution is 5.91. The third-order valence-corrected chi connectivity index (χ3v) is 5.52. The van der Waals surface area contributed by atoms with Gasteiger partial charge in [-0.3, -0.25) is 4.79 Å². The standard InChI is InChI=1S/C19H32N2O5/c1-17(2,3)13(20-16(25)26-18(4,5)6)14(22)21-9-10-11(19(10,7)8)12(21)15(23)24/h10-13H,9H2,1-8H3,(H,20,25)(H,23,24)/t10-,11?,12?,13?/m0/s1. The van der Waals surface area contributed by atoms with Crippen LogP contribution in [0.2, 0.25) is 0 Å². The Morgan fingerprint density at radius 2 is 1.69 bits per heavy atom. The summed E-state index contributed by atoms with van der Waals surface area (Å²) in [5.74, 6) is -1.19. The van der Waals surface area contributed by atoms with E-state index in [1.54, 1.807) is 20.8 Å². The quantitative estimate of drug-likeness (QED) is 0.798. The van der Waals surface area contributed by atoms with Crippen molar-refractivity contribution in [2.45, 2.75) is 73.1 Å². The maximum Gasteiger partial charge on any atom is 0.408 e. The highest BCUT2D eigenvalue weighted by atomic mass is 16.6. The van der Waals surface area contributed by atoms with Gasteiger partial charge in [0.25, 0.3) is 0 Å². The first-order chi connectivity index (χ1) is 11.6.